The van der Waals surface area contributed by atoms with Crippen LogP contribution < -0.4 is 5.32 Å². The van der Waals surface area contributed by atoms with Crippen molar-refractivity contribution in [3.05, 3.63) is 241 Å². The second-order valence-corrected chi connectivity index (χ2v) is 15.8. The summed E-state index contributed by atoms with van der Waals surface area (Å²) in [6, 6.07) is 80.0. The summed E-state index contributed by atoms with van der Waals surface area (Å²) in [5.41, 5.74) is 14.4. The lowest BCUT2D eigenvalue weighted by Crippen LogP contribution is -2.33. The Labute approximate surface area is 359 Å². The molecule has 3 heterocycles. The minimum absolute atomic E-state index is 0.336. The third-order valence-corrected chi connectivity index (χ3v) is 12.2. The molecule has 12 rings (SSSR count). The first kappa shape index (κ1) is 35.6. The first-order valence-corrected chi connectivity index (χ1v) is 21.1. The van der Waals surface area contributed by atoms with E-state index in [0.29, 0.717) is 5.84 Å². The molecule has 62 heavy (non-hydrogen) atoms. The highest BCUT2D eigenvalue weighted by Gasteiger charge is 2.26. The summed E-state index contributed by atoms with van der Waals surface area (Å²) in [6.07, 6.45) is -0.336. The molecule has 292 valence electrons. The number of nitrogens with zero attached hydrogens (tertiary/aromatic N) is 4. The number of nitrogens with one attached hydrogen (secondary N) is 1. The first-order chi connectivity index (χ1) is 30.7. The summed E-state index contributed by atoms with van der Waals surface area (Å²) in [6.45, 7) is 0. The Balaban J connectivity index is 1.14. The second-order valence-electron chi connectivity index (χ2n) is 15.8. The van der Waals surface area contributed by atoms with Crippen molar-refractivity contribution in [3.63, 3.8) is 0 Å². The molecule has 0 radical (unpaired) electrons. The molecule has 1 unspecified atom stereocenters. The van der Waals surface area contributed by atoms with Crippen molar-refractivity contribution in [3.8, 4) is 33.6 Å². The SMILES string of the molecule is c1ccc(C2=NC(c3cc(-c4ccc5c(c4)c4ccccc4n5-c4ccccc4)cc4c3c3ccccc3n4-c3ccc(-c4ccccc4)cc3)=NC(c3ccccc3)N2)cc1. The molecule has 5 heteroatoms. The maximum atomic E-state index is 5.45. The molecule has 1 N–H and O–H groups in total. The van der Waals surface area contributed by atoms with Crippen LogP contribution in [0.15, 0.2) is 234 Å². The Morgan fingerprint density at radius 1 is 0.371 bits per heavy atom. The van der Waals surface area contributed by atoms with E-state index in [1.807, 2.05) is 12.1 Å². The van der Waals surface area contributed by atoms with Gasteiger partial charge < -0.3 is 14.5 Å². The van der Waals surface area contributed by atoms with Gasteiger partial charge >= 0.3 is 0 Å². The predicted octanol–water partition coefficient (Wildman–Crippen LogP) is 13.7. The lowest BCUT2D eigenvalue weighted by atomic mass is 9.96. The Hall–Kier alpha value is -8.28. The molecule has 5 nitrogen and oxygen atoms in total. The van der Waals surface area contributed by atoms with Gasteiger partial charge in [0.15, 0.2) is 5.84 Å². The fraction of sp³-hybridized carbons (Fsp3) is 0.0175. The number of para-hydroxylation sites is 3. The van der Waals surface area contributed by atoms with Crippen molar-refractivity contribution in [1.82, 2.24) is 14.5 Å². The van der Waals surface area contributed by atoms with Crippen molar-refractivity contribution in [2.45, 2.75) is 6.17 Å². The molecule has 1 atom stereocenters. The van der Waals surface area contributed by atoms with Gasteiger partial charge in [-0.3, -0.25) is 0 Å². The summed E-state index contributed by atoms with van der Waals surface area (Å²) in [4.78, 5) is 10.8. The first-order valence-electron chi connectivity index (χ1n) is 21.1. The zero-order valence-electron chi connectivity index (χ0n) is 33.7. The largest absolute Gasteiger partial charge is 0.344 e. The molecule has 1 aliphatic heterocycles. The highest BCUT2D eigenvalue weighted by molar-refractivity contribution is 6.24. The van der Waals surface area contributed by atoms with Crippen molar-refractivity contribution >= 4 is 55.3 Å². The van der Waals surface area contributed by atoms with Gasteiger partial charge in [-0.15, -0.1) is 0 Å². The van der Waals surface area contributed by atoms with Gasteiger partial charge in [0.25, 0.3) is 0 Å². The van der Waals surface area contributed by atoms with Crippen LogP contribution in [0.3, 0.4) is 0 Å². The fourth-order valence-electron chi connectivity index (χ4n) is 9.28. The highest BCUT2D eigenvalue weighted by Crippen LogP contribution is 2.41. The van der Waals surface area contributed by atoms with Crippen molar-refractivity contribution in [1.29, 1.82) is 0 Å². The van der Waals surface area contributed by atoms with E-state index in [9.17, 15) is 0 Å². The molecule has 0 bridgehead atoms. The molecule has 0 saturated heterocycles. The summed E-state index contributed by atoms with van der Waals surface area (Å²) in [5.74, 6) is 1.48. The molecule has 11 aromatic rings. The Morgan fingerprint density at radius 2 is 0.903 bits per heavy atom. The van der Waals surface area contributed by atoms with Gasteiger partial charge in [0, 0.05) is 44.0 Å². The molecule has 0 saturated carbocycles. The van der Waals surface area contributed by atoms with E-state index in [-0.39, 0.29) is 6.17 Å². The van der Waals surface area contributed by atoms with E-state index in [4.69, 9.17) is 9.98 Å². The van der Waals surface area contributed by atoms with E-state index < -0.39 is 0 Å². The van der Waals surface area contributed by atoms with Crippen LogP contribution in [0.1, 0.15) is 22.9 Å². The van der Waals surface area contributed by atoms with E-state index in [2.05, 4.69) is 227 Å². The molecule has 0 aliphatic carbocycles. The van der Waals surface area contributed by atoms with Crippen LogP contribution in [-0.4, -0.2) is 20.8 Å². The van der Waals surface area contributed by atoms with Crippen LogP contribution in [-0.2, 0) is 0 Å². The number of aliphatic imine (C=N–C) groups is 2. The Kier molecular flexibility index (Phi) is 8.49. The lowest BCUT2D eigenvalue weighted by molar-refractivity contribution is 0.674. The number of hydrogen-bond donors (Lipinski definition) is 1. The maximum Gasteiger partial charge on any atom is 0.160 e. The quantitative estimate of drug-likeness (QED) is 0.172. The van der Waals surface area contributed by atoms with Crippen LogP contribution in [0.5, 0.6) is 0 Å². The third kappa shape index (κ3) is 6.02. The minimum atomic E-state index is -0.336. The molecule has 9 aromatic carbocycles. The van der Waals surface area contributed by atoms with Gasteiger partial charge in [0.1, 0.15) is 12.0 Å². The van der Waals surface area contributed by atoms with E-state index in [0.717, 1.165) is 66.8 Å². The van der Waals surface area contributed by atoms with Crippen molar-refractivity contribution in [2.24, 2.45) is 9.98 Å². The zero-order valence-corrected chi connectivity index (χ0v) is 33.7. The minimum Gasteiger partial charge on any atom is -0.344 e. The van der Waals surface area contributed by atoms with E-state index in [1.165, 1.54) is 32.9 Å². The smallest absolute Gasteiger partial charge is 0.160 e. The van der Waals surface area contributed by atoms with E-state index >= 15 is 0 Å². The van der Waals surface area contributed by atoms with Crippen LogP contribution in [0, 0.1) is 0 Å². The molecule has 0 amide bonds. The summed E-state index contributed by atoms with van der Waals surface area (Å²) in [5, 5.41) is 8.35. The standard InChI is InChI=1S/C57H39N5/c1-5-17-38(18-6-1)39-29-32-45(33-30-39)62-51-28-16-14-26-47(51)54-49(57-59-55(40-19-7-2-8-20-40)58-56(60-57)41-21-9-3-10-22-41)36-43(37-53(54)62)42-31-34-52-48(35-42)46-25-13-15-27-50(46)61(52)44-23-11-4-12-24-44/h1-37,55H,(H,58,59,60). The van der Waals surface area contributed by atoms with Gasteiger partial charge in [0.05, 0.1) is 22.1 Å². The summed E-state index contributed by atoms with van der Waals surface area (Å²) < 4.78 is 4.78. The molecule has 1 aliphatic rings. The summed E-state index contributed by atoms with van der Waals surface area (Å²) in [7, 11) is 0. The van der Waals surface area contributed by atoms with Crippen LogP contribution in [0.2, 0.25) is 0 Å². The molecular weight excluding hydrogens is 755 g/mol. The topological polar surface area (TPSA) is 46.6 Å². The predicted molar refractivity (Wildman–Crippen MR) is 258 cm³/mol. The normalized spacial score (nSPS) is 14.0. The maximum absolute atomic E-state index is 5.45. The van der Waals surface area contributed by atoms with Crippen molar-refractivity contribution < 1.29 is 0 Å². The average Bonchev–Trinajstić information content (AvgIpc) is 3.87. The van der Waals surface area contributed by atoms with Crippen LogP contribution in [0.4, 0.5) is 0 Å². The average molecular weight is 794 g/mol. The zero-order chi connectivity index (χ0) is 41.0. The van der Waals surface area contributed by atoms with Crippen molar-refractivity contribution in [2.75, 3.05) is 0 Å². The Bertz CT molecular complexity index is 3510. The molecular formula is C57H39N5. The lowest BCUT2D eigenvalue weighted by Gasteiger charge is -2.24. The molecule has 0 fully saturated rings. The van der Waals surface area contributed by atoms with Crippen LogP contribution >= 0.6 is 0 Å². The third-order valence-electron chi connectivity index (χ3n) is 12.2. The fourth-order valence-corrected chi connectivity index (χ4v) is 9.28. The number of aromatic nitrogens is 2. The Morgan fingerprint density at radius 3 is 1.63 bits per heavy atom. The number of hydrogen-bond acceptors (Lipinski definition) is 3. The number of amidine groups is 2. The van der Waals surface area contributed by atoms with Gasteiger partial charge in [-0.25, -0.2) is 9.98 Å². The van der Waals surface area contributed by atoms with Gasteiger partial charge in [-0.1, -0.05) is 164 Å². The molecule has 0 spiro atoms. The van der Waals surface area contributed by atoms with Gasteiger partial charge in [-0.2, -0.15) is 0 Å². The number of fused-ring (bicyclic) bond motifs is 6. The highest BCUT2D eigenvalue weighted by atomic mass is 15.2. The van der Waals surface area contributed by atoms with Crippen LogP contribution in [0.25, 0.3) is 77.2 Å². The monoisotopic (exact) mass is 793 g/mol. The number of rotatable bonds is 7. The van der Waals surface area contributed by atoms with E-state index in [1.54, 1.807) is 0 Å². The second kappa shape index (κ2) is 14.8. The number of benzene rings is 9. The molecule has 2 aromatic heterocycles. The van der Waals surface area contributed by atoms with Gasteiger partial charge in [-0.05, 0) is 88.5 Å². The summed E-state index contributed by atoms with van der Waals surface area (Å²) >= 11 is 0. The van der Waals surface area contributed by atoms with Gasteiger partial charge in [0.2, 0.25) is 0 Å².